The molecule has 0 radical (unpaired) electrons. The predicted octanol–water partition coefficient (Wildman–Crippen LogP) is 2.24. The summed E-state index contributed by atoms with van der Waals surface area (Å²) in [6, 6.07) is 7.82. The largest absolute Gasteiger partial charge is 0.491 e. The SMILES string of the molecule is C=C(C)CN(C)CC(O)COc1ccccc1C. The number of aryl methyl sites for hydroxylation is 1. The maximum Gasteiger partial charge on any atom is 0.122 e. The summed E-state index contributed by atoms with van der Waals surface area (Å²) in [5.74, 6) is 0.833. The summed E-state index contributed by atoms with van der Waals surface area (Å²) in [7, 11) is 1.96. The third-order valence-electron chi connectivity index (χ3n) is 2.59. The van der Waals surface area contributed by atoms with Gasteiger partial charge in [0.1, 0.15) is 18.5 Å². The minimum Gasteiger partial charge on any atom is -0.491 e. The zero-order valence-electron chi connectivity index (χ0n) is 11.5. The maximum absolute atomic E-state index is 9.89. The number of hydrogen-bond acceptors (Lipinski definition) is 3. The highest BCUT2D eigenvalue weighted by Crippen LogP contribution is 2.16. The smallest absolute Gasteiger partial charge is 0.122 e. The molecule has 3 heteroatoms. The molecule has 3 nitrogen and oxygen atoms in total. The molecule has 1 aromatic rings. The molecule has 0 fully saturated rings. The van der Waals surface area contributed by atoms with E-state index in [1.165, 1.54) is 0 Å². The van der Waals surface area contributed by atoms with E-state index in [2.05, 4.69) is 6.58 Å². The van der Waals surface area contributed by atoms with Crippen molar-refractivity contribution in [1.29, 1.82) is 0 Å². The van der Waals surface area contributed by atoms with E-state index >= 15 is 0 Å². The second-order valence-electron chi connectivity index (χ2n) is 4.88. The number of rotatable bonds is 7. The molecule has 1 unspecified atom stereocenters. The van der Waals surface area contributed by atoms with E-state index in [0.29, 0.717) is 13.2 Å². The van der Waals surface area contributed by atoms with Gasteiger partial charge in [0.15, 0.2) is 0 Å². The van der Waals surface area contributed by atoms with E-state index in [-0.39, 0.29) is 0 Å². The number of benzene rings is 1. The first-order valence-corrected chi connectivity index (χ1v) is 6.18. The molecule has 1 N–H and O–H groups in total. The van der Waals surface area contributed by atoms with Crippen molar-refractivity contribution in [3.05, 3.63) is 42.0 Å². The second kappa shape index (κ2) is 7.19. The number of nitrogens with zero attached hydrogens (tertiary/aromatic N) is 1. The molecular formula is C15H23NO2. The van der Waals surface area contributed by atoms with Gasteiger partial charge >= 0.3 is 0 Å². The number of para-hydroxylation sites is 1. The Morgan fingerprint density at radius 2 is 2.11 bits per heavy atom. The Morgan fingerprint density at radius 1 is 1.44 bits per heavy atom. The van der Waals surface area contributed by atoms with Crippen LogP contribution in [0.15, 0.2) is 36.4 Å². The summed E-state index contributed by atoms with van der Waals surface area (Å²) >= 11 is 0. The lowest BCUT2D eigenvalue weighted by Crippen LogP contribution is -2.33. The van der Waals surface area contributed by atoms with Crippen molar-refractivity contribution in [2.75, 3.05) is 26.7 Å². The molecule has 0 heterocycles. The molecule has 0 saturated carbocycles. The van der Waals surface area contributed by atoms with Crippen molar-refractivity contribution in [3.63, 3.8) is 0 Å². The van der Waals surface area contributed by atoms with Gasteiger partial charge in [-0.3, -0.25) is 4.90 Å². The quantitative estimate of drug-likeness (QED) is 0.752. The summed E-state index contributed by atoms with van der Waals surface area (Å²) < 4.78 is 5.61. The third-order valence-corrected chi connectivity index (χ3v) is 2.59. The van der Waals surface area contributed by atoms with E-state index in [4.69, 9.17) is 4.74 Å². The molecule has 0 aliphatic rings. The Morgan fingerprint density at radius 3 is 2.72 bits per heavy atom. The van der Waals surface area contributed by atoms with Crippen molar-refractivity contribution in [2.24, 2.45) is 0 Å². The average Bonchev–Trinajstić information content (AvgIpc) is 2.26. The summed E-state index contributed by atoms with van der Waals surface area (Å²) in [6.07, 6.45) is -0.492. The molecule has 0 bridgehead atoms. The van der Waals surface area contributed by atoms with Crippen LogP contribution in [0.2, 0.25) is 0 Å². The van der Waals surface area contributed by atoms with Crippen LogP contribution in [-0.2, 0) is 0 Å². The van der Waals surface area contributed by atoms with Crippen LogP contribution in [0.4, 0.5) is 0 Å². The molecule has 1 rings (SSSR count). The summed E-state index contributed by atoms with van der Waals surface area (Å²) in [5.41, 5.74) is 2.17. The van der Waals surface area contributed by atoms with E-state index in [1.807, 2.05) is 50.1 Å². The molecule has 1 atom stereocenters. The fourth-order valence-corrected chi connectivity index (χ4v) is 1.84. The summed E-state index contributed by atoms with van der Waals surface area (Å²) in [5, 5.41) is 9.89. The van der Waals surface area contributed by atoms with Crippen LogP contribution in [-0.4, -0.2) is 42.9 Å². The lowest BCUT2D eigenvalue weighted by atomic mass is 10.2. The molecular weight excluding hydrogens is 226 g/mol. The van der Waals surface area contributed by atoms with Crippen LogP contribution in [0.25, 0.3) is 0 Å². The van der Waals surface area contributed by atoms with Crippen molar-refractivity contribution < 1.29 is 9.84 Å². The van der Waals surface area contributed by atoms with E-state index in [0.717, 1.165) is 23.4 Å². The van der Waals surface area contributed by atoms with Gasteiger partial charge in [-0.2, -0.15) is 0 Å². The molecule has 0 aliphatic heterocycles. The van der Waals surface area contributed by atoms with Gasteiger partial charge < -0.3 is 9.84 Å². The molecule has 0 spiro atoms. The van der Waals surface area contributed by atoms with Gasteiger partial charge in [0, 0.05) is 13.1 Å². The van der Waals surface area contributed by atoms with Crippen LogP contribution in [0.1, 0.15) is 12.5 Å². The second-order valence-corrected chi connectivity index (χ2v) is 4.88. The predicted molar refractivity (Wildman–Crippen MR) is 75.0 cm³/mol. The van der Waals surface area contributed by atoms with Gasteiger partial charge in [-0.05, 0) is 32.5 Å². The van der Waals surface area contributed by atoms with E-state index in [1.54, 1.807) is 0 Å². The van der Waals surface area contributed by atoms with Crippen LogP contribution in [0.3, 0.4) is 0 Å². The Hall–Kier alpha value is -1.32. The summed E-state index contributed by atoms with van der Waals surface area (Å²) in [6.45, 7) is 9.51. The van der Waals surface area contributed by atoms with E-state index < -0.39 is 6.10 Å². The number of hydrogen-bond donors (Lipinski definition) is 1. The highest BCUT2D eigenvalue weighted by Gasteiger charge is 2.09. The first-order chi connectivity index (χ1) is 8.49. The topological polar surface area (TPSA) is 32.7 Å². The maximum atomic E-state index is 9.89. The van der Waals surface area contributed by atoms with Gasteiger partial charge in [-0.25, -0.2) is 0 Å². The average molecular weight is 249 g/mol. The molecule has 100 valence electrons. The molecule has 18 heavy (non-hydrogen) atoms. The Bertz CT molecular complexity index is 390. The molecule has 0 aliphatic carbocycles. The Balaban J connectivity index is 2.35. The van der Waals surface area contributed by atoms with Crippen LogP contribution < -0.4 is 4.74 Å². The number of aliphatic hydroxyl groups excluding tert-OH is 1. The molecule has 1 aromatic carbocycles. The summed E-state index contributed by atoms with van der Waals surface area (Å²) in [4.78, 5) is 2.04. The Labute approximate surface area is 110 Å². The van der Waals surface area contributed by atoms with Gasteiger partial charge in [-0.15, -0.1) is 0 Å². The normalized spacial score (nSPS) is 12.5. The van der Waals surface area contributed by atoms with Crippen LogP contribution in [0.5, 0.6) is 5.75 Å². The molecule has 0 aromatic heterocycles. The van der Waals surface area contributed by atoms with Crippen molar-refractivity contribution in [1.82, 2.24) is 4.90 Å². The molecule has 0 amide bonds. The Kier molecular flexibility index (Phi) is 5.89. The number of ether oxygens (including phenoxy) is 1. The van der Waals surface area contributed by atoms with Crippen molar-refractivity contribution >= 4 is 0 Å². The first kappa shape index (κ1) is 14.7. The third kappa shape index (κ3) is 5.34. The number of likely N-dealkylation sites (N-methyl/N-ethyl adjacent to an activating group) is 1. The van der Waals surface area contributed by atoms with Gasteiger partial charge in [0.25, 0.3) is 0 Å². The van der Waals surface area contributed by atoms with Gasteiger partial charge in [-0.1, -0.05) is 30.4 Å². The molecule has 0 saturated heterocycles. The van der Waals surface area contributed by atoms with Crippen LogP contribution >= 0.6 is 0 Å². The number of aliphatic hydroxyl groups is 1. The van der Waals surface area contributed by atoms with Gasteiger partial charge in [0.2, 0.25) is 0 Å². The lowest BCUT2D eigenvalue weighted by molar-refractivity contribution is 0.0786. The minimum atomic E-state index is -0.492. The zero-order valence-corrected chi connectivity index (χ0v) is 11.5. The van der Waals surface area contributed by atoms with E-state index in [9.17, 15) is 5.11 Å². The fourth-order valence-electron chi connectivity index (χ4n) is 1.84. The van der Waals surface area contributed by atoms with Crippen molar-refractivity contribution in [3.8, 4) is 5.75 Å². The first-order valence-electron chi connectivity index (χ1n) is 6.18. The highest BCUT2D eigenvalue weighted by molar-refractivity contribution is 5.31. The fraction of sp³-hybridized carbons (Fsp3) is 0.467. The monoisotopic (exact) mass is 249 g/mol. The van der Waals surface area contributed by atoms with Crippen LogP contribution in [0, 0.1) is 6.92 Å². The zero-order chi connectivity index (χ0) is 13.5. The van der Waals surface area contributed by atoms with Crippen molar-refractivity contribution in [2.45, 2.75) is 20.0 Å². The highest BCUT2D eigenvalue weighted by atomic mass is 16.5. The lowest BCUT2D eigenvalue weighted by Gasteiger charge is -2.21. The van der Waals surface area contributed by atoms with Gasteiger partial charge in [0.05, 0.1) is 0 Å². The minimum absolute atomic E-state index is 0.311. The standard InChI is InChI=1S/C15H23NO2/c1-12(2)9-16(4)10-14(17)11-18-15-8-6-5-7-13(15)3/h5-8,14,17H,1,9-11H2,2-4H3.